The van der Waals surface area contributed by atoms with Gasteiger partial charge in [-0.1, -0.05) is 6.58 Å². The average Bonchev–Trinajstić information content (AvgIpc) is 2.84. The zero-order valence-corrected chi connectivity index (χ0v) is 18.8. The van der Waals surface area contributed by atoms with Gasteiger partial charge >= 0.3 is 0 Å². The summed E-state index contributed by atoms with van der Waals surface area (Å²) < 4.78 is 33.0. The SMILES string of the molecule is C=COC1OC(CO)C(O)C(OC2OC(CO)C(O)C(O)C2O)C1OC1OC(C)C(O)C(O)C1O. The highest BCUT2D eigenvalue weighted by Crippen LogP contribution is 2.33. The lowest BCUT2D eigenvalue weighted by Crippen LogP contribution is -2.66. The lowest BCUT2D eigenvalue weighted by atomic mass is 9.96. The van der Waals surface area contributed by atoms with Gasteiger partial charge in [-0.15, -0.1) is 0 Å². The summed E-state index contributed by atoms with van der Waals surface area (Å²) in [4.78, 5) is 0. The van der Waals surface area contributed by atoms with Crippen molar-refractivity contribution in [2.75, 3.05) is 13.2 Å². The fourth-order valence-electron chi connectivity index (χ4n) is 4.16. The Kier molecular flexibility index (Phi) is 9.80. The van der Waals surface area contributed by atoms with Crippen LogP contribution < -0.4 is 0 Å². The normalized spacial score (nSPS) is 51.1. The van der Waals surface area contributed by atoms with E-state index in [2.05, 4.69) is 6.58 Å². The molecule has 9 N–H and O–H groups in total. The molecule has 15 nitrogen and oxygen atoms in total. The topological polar surface area (TPSA) is 237 Å². The van der Waals surface area contributed by atoms with Crippen LogP contribution in [0.25, 0.3) is 0 Å². The number of hydrogen-bond acceptors (Lipinski definition) is 15. The standard InChI is InChI=1S/C20H34O15/c1-3-30-20-17(35-18-14(28)12(26)9(23)6(2)31-18)16(11(25)8(5-22)33-20)34-19-15(29)13(27)10(24)7(4-21)32-19/h3,6-29H,1,4-5H2,2H3. The summed E-state index contributed by atoms with van der Waals surface area (Å²) in [7, 11) is 0. The molecule has 0 spiro atoms. The molecule has 0 aliphatic carbocycles. The highest BCUT2D eigenvalue weighted by molar-refractivity contribution is 4.96. The molecule has 35 heavy (non-hydrogen) atoms. The van der Waals surface area contributed by atoms with Crippen molar-refractivity contribution in [1.82, 2.24) is 0 Å². The molecule has 0 saturated carbocycles. The minimum atomic E-state index is -1.83. The summed E-state index contributed by atoms with van der Waals surface area (Å²) in [6, 6.07) is 0. The maximum absolute atomic E-state index is 10.8. The average molecular weight is 514 g/mol. The van der Waals surface area contributed by atoms with Crippen molar-refractivity contribution < 1.29 is 74.4 Å². The van der Waals surface area contributed by atoms with Gasteiger partial charge in [-0.25, -0.2) is 0 Å². The van der Waals surface area contributed by atoms with Crippen LogP contribution in [0.15, 0.2) is 12.8 Å². The Morgan fingerprint density at radius 3 is 1.69 bits per heavy atom. The number of hydrogen-bond donors (Lipinski definition) is 9. The third kappa shape index (κ3) is 5.78. The number of aliphatic hydroxyl groups is 9. The van der Waals surface area contributed by atoms with Crippen LogP contribution in [0.5, 0.6) is 0 Å². The molecule has 0 aromatic heterocycles. The van der Waals surface area contributed by atoms with Gasteiger partial charge in [0.05, 0.1) is 25.6 Å². The lowest BCUT2D eigenvalue weighted by molar-refractivity contribution is -0.386. The molecule has 0 aromatic rings. The Morgan fingerprint density at radius 2 is 1.11 bits per heavy atom. The van der Waals surface area contributed by atoms with Gasteiger partial charge in [0.15, 0.2) is 18.7 Å². The third-order valence-corrected chi connectivity index (χ3v) is 6.27. The van der Waals surface area contributed by atoms with Gasteiger partial charge in [0, 0.05) is 0 Å². The van der Waals surface area contributed by atoms with Crippen LogP contribution in [-0.4, -0.2) is 151 Å². The zero-order chi connectivity index (χ0) is 26.0. The Balaban J connectivity index is 1.89. The van der Waals surface area contributed by atoms with Gasteiger partial charge in [-0.3, -0.25) is 0 Å². The largest absolute Gasteiger partial charge is 0.470 e. The molecule has 15 heteroatoms. The summed E-state index contributed by atoms with van der Waals surface area (Å²) in [5.74, 6) is 0. The molecule has 3 aliphatic rings. The molecule has 0 bridgehead atoms. The molecule has 15 atom stereocenters. The third-order valence-electron chi connectivity index (χ3n) is 6.27. The van der Waals surface area contributed by atoms with E-state index in [0.29, 0.717) is 0 Å². The molecule has 15 unspecified atom stereocenters. The van der Waals surface area contributed by atoms with E-state index in [0.717, 1.165) is 6.26 Å². The number of aliphatic hydroxyl groups excluding tert-OH is 9. The van der Waals surface area contributed by atoms with Crippen molar-refractivity contribution in [3.63, 3.8) is 0 Å². The fraction of sp³-hybridized carbons (Fsp3) is 0.900. The lowest BCUT2D eigenvalue weighted by Gasteiger charge is -2.48. The molecule has 0 radical (unpaired) electrons. The summed E-state index contributed by atoms with van der Waals surface area (Å²) in [5, 5.41) is 90.7. The van der Waals surface area contributed by atoms with Gasteiger partial charge in [0.1, 0.15) is 61.0 Å². The van der Waals surface area contributed by atoms with E-state index in [9.17, 15) is 46.0 Å². The van der Waals surface area contributed by atoms with Crippen LogP contribution in [0.4, 0.5) is 0 Å². The van der Waals surface area contributed by atoms with E-state index in [-0.39, 0.29) is 0 Å². The first kappa shape index (κ1) is 28.5. The Hall–Kier alpha value is -1.02. The van der Waals surface area contributed by atoms with Crippen LogP contribution in [0.1, 0.15) is 6.92 Å². The molecular weight excluding hydrogens is 480 g/mol. The van der Waals surface area contributed by atoms with Crippen LogP contribution in [0, 0.1) is 0 Å². The molecule has 204 valence electrons. The summed E-state index contributed by atoms with van der Waals surface area (Å²) in [6.07, 6.45) is -22.1. The second kappa shape index (κ2) is 12.0. The fourth-order valence-corrected chi connectivity index (χ4v) is 4.16. The molecule has 3 aliphatic heterocycles. The second-order valence-corrected chi connectivity index (χ2v) is 8.60. The van der Waals surface area contributed by atoms with Gasteiger partial charge in [-0.2, -0.15) is 0 Å². The smallest absolute Gasteiger partial charge is 0.228 e. The minimum Gasteiger partial charge on any atom is -0.470 e. The molecule has 3 rings (SSSR count). The van der Waals surface area contributed by atoms with Crippen molar-refractivity contribution in [2.45, 2.75) is 99.0 Å². The van der Waals surface area contributed by atoms with E-state index in [1.165, 1.54) is 6.92 Å². The van der Waals surface area contributed by atoms with Crippen molar-refractivity contribution >= 4 is 0 Å². The van der Waals surface area contributed by atoms with E-state index >= 15 is 0 Å². The molecular formula is C20H34O15. The van der Waals surface area contributed by atoms with E-state index in [1.807, 2.05) is 0 Å². The molecule has 3 saturated heterocycles. The molecule has 3 heterocycles. The van der Waals surface area contributed by atoms with E-state index in [1.54, 1.807) is 0 Å². The first-order valence-electron chi connectivity index (χ1n) is 11.1. The Labute approximate surface area is 200 Å². The highest BCUT2D eigenvalue weighted by Gasteiger charge is 2.54. The first-order valence-corrected chi connectivity index (χ1v) is 11.1. The molecule has 0 amide bonds. The number of rotatable bonds is 8. The van der Waals surface area contributed by atoms with E-state index in [4.69, 9.17) is 28.4 Å². The van der Waals surface area contributed by atoms with Crippen molar-refractivity contribution in [1.29, 1.82) is 0 Å². The number of ether oxygens (including phenoxy) is 6. The quantitative estimate of drug-likeness (QED) is 0.137. The summed E-state index contributed by atoms with van der Waals surface area (Å²) >= 11 is 0. The van der Waals surface area contributed by atoms with Crippen LogP contribution >= 0.6 is 0 Å². The Bertz CT molecular complexity index is 681. The monoisotopic (exact) mass is 514 g/mol. The second-order valence-electron chi connectivity index (χ2n) is 8.60. The van der Waals surface area contributed by atoms with Crippen molar-refractivity contribution in [3.8, 4) is 0 Å². The predicted octanol–water partition coefficient (Wildman–Crippen LogP) is -5.38. The summed E-state index contributed by atoms with van der Waals surface area (Å²) in [5.41, 5.74) is 0. The molecule has 0 aromatic carbocycles. The van der Waals surface area contributed by atoms with Gasteiger partial charge < -0.3 is 74.4 Å². The van der Waals surface area contributed by atoms with Crippen LogP contribution in [0.2, 0.25) is 0 Å². The first-order chi connectivity index (χ1) is 16.5. The van der Waals surface area contributed by atoms with Crippen molar-refractivity contribution in [3.05, 3.63) is 12.8 Å². The zero-order valence-electron chi connectivity index (χ0n) is 18.8. The van der Waals surface area contributed by atoms with E-state index < -0.39 is 105 Å². The molecule has 3 fully saturated rings. The predicted molar refractivity (Wildman–Crippen MR) is 109 cm³/mol. The van der Waals surface area contributed by atoms with Crippen molar-refractivity contribution in [2.24, 2.45) is 0 Å². The Morgan fingerprint density at radius 1 is 0.629 bits per heavy atom. The van der Waals surface area contributed by atoms with Gasteiger partial charge in [0.2, 0.25) is 6.29 Å². The van der Waals surface area contributed by atoms with Crippen LogP contribution in [-0.2, 0) is 28.4 Å². The highest BCUT2D eigenvalue weighted by atomic mass is 16.8. The minimum absolute atomic E-state index is 0.704. The van der Waals surface area contributed by atoms with Crippen LogP contribution in [0.3, 0.4) is 0 Å². The maximum atomic E-state index is 10.8. The van der Waals surface area contributed by atoms with Gasteiger partial charge in [0.25, 0.3) is 0 Å². The van der Waals surface area contributed by atoms with Gasteiger partial charge in [-0.05, 0) is 6.92 Å². The summed E-state index contributed by atoms with van der Waals surface area (Å²) in [6.45, 7) is 3.40. The maximum Gasteiger partial charge on any atom is 0.228 e.